The molecule has 0 radical (unpaired) electrons. The Hall–Kier alpha value is -1.85. The SMILES string of the molecule is CCC(CC)C(=O)NCCn1cnc(C(=O)O)c1. The number of carboxylic acid groups (broad SMARTS) is 1. The van der Waals surface area contributed by atoms with Gasteiger partial charge in [0.1, 0.15) is 0 Å². The van der Waals surface area contributed by atoms with Crippen LogP contribution in [0.4, 0.5) is 0 Å². The van der Waals surface area contributed by atoms with Crippen molar-refractivity contribution in [2.45, 2.75) is 33.2 Å². The van der Waals surface area contributed by atoms with Crippen LogP contribution in [0.1, 0.15) is 37.2 Å². The van der Waals surface area contributed by atoms with E-state index >= 15 is 0 Å². The zero-order chi connectivity index (χ0) is 13.5. The van der Waals surface area contributed by atoms with Crippen LogP contribution >= 0.6 is 0 Å². The van der Waals surface area contributed by atoms with Gasteiger partial charge in [0, 0.05) is 25.2 Å². The van der Waals surface area contributed by atoms with E-state index in [9.17, 15) is 9.59 Å². The molecular formula is C12H19N3O3. The highest BCUT2D eigenvalue weighted by molar-refractivity contribution is 5.84. The normalized spacial score (nSPS) is 10.6. The van der Waals surface area contributed by atoms with Crippen molar-refractivity contribution in [1.29, 1.82) is 0 Å². The van der Waals surface area contributed by atoms with E-state index in [4.69, 9.17) is 5.11 Å². The second kappa shape index (κ2) is 6.78. The molecule has 0 fully saturated rings. The van der Waals surface area contributed by atoms with Gasteiger partial charge in [0.15, 0.2) is 5.69 Å². The van der Waals surface area contributed by atoms with Crippen LogP contribution in [0.5, 0.6) is 0 Å². The molecule has 6 nitrogen and oxygen atoms in total. The summed E-state index contributed by atoms with van der Waals surface area (Å²) in [5.41, 5.74) is 0.0151. The van der Waals surface area contributed by atoms with E-state index in [1.165, 1.54) is 12.5 Å². The summed E-state index contributed by atoms with van der Waals surface area (Å²) in [6, 6.07) is 0. The molecule has 1 heterocycles. The van der Waals surface area contributed by atoms with Crippen molar-refractivity contribution < 1.29 is 14.7 Å². The van der Waals surface area contributed by atoms with E-state index in [0.29, 0.717) is 13.1 Å². The average molecular weight is 253 g/mol. The van der Waals surface area contributed by atoms with Gasteiger partial charge in [0.25, 0.3) is 0 Å². The van der Waals surface area contributed by atoms with Gasteiger partial charge in [0.05, 0.1) is 6.33 Å². The molecule has 6 heteroatoms. The molecule has 0 aliphatic carbocycles. The van der Waals surface area contributed by atoms with Crippen LogP contribution in [0.2, 0.25) is 0 Å². The molecule has 1 aromatic heterocycles. The Labute approximate surface area is 106 Å². The number of nitrogens with one attached hydrogen (secondary N) is 1. The number of carbonyl (C=O) groups is 2. The number of aromatic nitrogens is 2. The number of aromatic carboxylic acids is 1. The van der Waals surface area contributed by atoms with Crippen LogP contribution in [-0.2, 0) is 11.3 Å². The van der Waals surface area contributed by atoms with E-state index in [0.717, 1.165) is 12.8 Å². The summed E-state index contributed by atoms with van der Waals surface area (Å²) in [5.74, 6) is -0.934. The van der Waals surface area contributed by atoms with E-state index in [1.54, 1.807) is 4.57 Å². The third-order valence-corrected chi connectivity index (χ3v) is 2.88. The minimum atomic E-state index is -1.05. The van der Waals surface area contributed by atoms with Crippen LogP contribution in [0.25, 0.3) is 0 Å². The van der Waals surface area contributed by atoms with Crippen LogP contribution in [0.3, 0.4) is 0 Å². The summed E-state index contributed by atoms with van der Waals surface area (Å²) < 4.78 is 1.65. The van der Waals surface area contributed by atoms with Gasteiger partial charge in [-0.25, -0.2) is 9.78 Å². The van der Waals surface area contributed by atoms with Crippen molar-refractivity contribution in [3.8, 4) is 0 Å². The van der Waals surface area contributed by atoms with Gasteiger partial charge in [-0.1, -0.05) is 13.8 Å². The number of nitrogens with zero attached hydrogens (tertiary/aromatic N) is 2. The van der Waals surface area contributed by atoms with Crippen molar-refractivity contribution in [2.75, 3.05) is 6.54 Å². The van der Waals surface area contributed by atoms with Crippen molar-refractivity contribution in [3.63, 3.8) is 0 Å². The fourth-order valence-electron chi connectivity index (χ4n) is 1.70. The lowest BCUT2D eigenvalue weighted by Gasteiger charge is -2.12. The first-order valence-corrected chi connectivity index (χ1v) is 6.11. The zero-order valence-electron chi connectivity index (χ0n) is 10.7. The Morgan fingerprint density at radius 2 is 2.11 bits per heavy atom. The Kier molecular flexibility index (Phi) is 5.35. The molecule has 0 aromatic carbocycles. The third-order valence-electron chi connectivity index (χ3n) is 2.88. The molecule has 1 amide bonds. The number of rotatable bonds is 7. The number of imidazole rings is 1. The maximum atomic E-state index is 11.7. The summed E-state index contributed by atoms with van der Waals surface area (Å²) in [4.78, 5) is 26.0. The number of amides is 1. The molecule has 1 rings (SSSR count). The number of hydrogen-bond donors (Lipinski definition) is 2. The van der Waals surface area contributed by atoms with Gasteiger partial charge in [-0.15, -0.1) is 0 Å². The Balaban J connectivity index is 2.37. The van der Waals surface area contributed by atoms with Crippen LogP contribution in [-0.4, -0.2) is 33.1 Å². The average Bonchev–Trinajstić information content (AvgIpc) is 2.79. The van der Waals surface area contributed by atoms with E-state index in [2.05, 4.69) is 10.3 Å². The second-order valence-corrected chi connectivity index (χ2v) is 4.11. The molecule has 100 valence electrons. The van der Waals surface area contributed by atoms with E-state index < -0.39 is 5.97 Å². The van der Waals surface area contributed by atoms with Crippen molar-refractivity contribution in [2.24, 2.45) is 5.92 Å². The van der Waals surface area contributed by atoms with Gasteiger partial charge in [-0.05, 0) is 12.8 Å². The summed E-state index contributed by atoms with van der Waals surface area (Å²) in [7, 11) is 0. The lowest BCUT2D eigenvalue weighted by atomic mass is 10.0. The highest BCUT2D eigenvalue weighted by Crippen LogP contribution is 2.06. The lowest BCUT2D eigenvalue weighted by Crippen LogP contribution is -2.32. The quantitative estimate of drug-likeness (QED) is 0.763. The maximum absolute atomic E-state index is 11.7. The van der Waals surface area contributed by atoms with Crippen LogP contribution in [0, 0.1) is 5.92 Å². The topological polar surface area (TPSA) is 84.2 Å². The minimum absolute atomic E-state index is 0.0151. The lowest BCUT2D eigenvalue weighted by molar-refractivity contribution is -0.125. The van der Waals surface area contributed by atoms with Crippen LogP contribution in [0.15, 0.2) is 12.5 Å². The highest BCUT2D eigenvalue weighted by Gasteiger charge is 2.13. The Bertz CT molecular complexity index is 410. The Morgan fingerprint density at radius 1 is 1.44 bits per heavy atom. The smallest absolute Gasteiger partial charge is 0.356 e. The molecule has 0 aliphatic heterocycles. The largest absolute Gasteiger partial charge is 0.476 e. The van der Waals surface area contributed by atoms with Gasteiger partial charge in [0.2, 0.25) is 5.91 Å². The molecule has 0 unspecified atom stereocenters. The Morgan fingerprint density at radius 3 is 2.61 bits per heavy atom. The summed E-state index contributed by atoms with van der Waals surface area (Å²) in [6.45, 7) is 4.97. The number of carbonyl (C=O) groups excluding carboxylic acids is 1. The standard InChI is InChI=1S/C12H19N3O3/c1-3-9(4-2)11(16)13-5-6-15-7-10(12(17)18)14-8-15/h7-9H,3-6H2,1-2H3,(H,13,16)(H,17,18). The molecule has 0 bridgehead atoms. The molecule has 0 aliphatic rings. The molecular weight excluding hydrogens is 234 g/mol. The molecule has 18 heavy (non-hydrogen) atoms. The molecule has 0 saturated heterocycles. The van der Waals surface area contributed by atoms with Gasteiger partial charge in [-0.3, -0.25) is 4.79 Å². The van der Waals surface area contributed by atoms with E-state index in [1.807, 2.05) is 13.8 Å². The summed E-state index contributed by atoms with van der Waals surface area (Å²) >= 11 is 0. The van der Waals surface area contributed by atoms with Crippen molar-refractivity contribution in [1.82, 2.24) is 14.9 Å². The molecule has 0 saturated carbocycles. The zero-order valence-corrected chi connectivity index (χ0v) is 10.7. The molecule has 0 atom stereocenters. The predicted octanol–water partition coefficient (Wildman–Crippen LogP) is 1.13. The molecule has 0 spiro atoms. The minimum Gasteiger partial charge on any atom is -0.476 e. The second-order valence-electron chi connectivity index (χ2n) is 4.11. The summed E-state index contributed by atoms with van der Waals surface area (Å²) in [6.07, 6.45) is 4.56. The van der Waals surface area contributed by atoms with Gasteiger partial charge < -0.3 is 15.0 Å². The molecule has 2 N–H and O–H groups in total. The third kappa shape index (κ3) is 3.87. The fourth-order valence-corrected chi connectivity index (χ4v) is 1.70. The van der Waals surface area contributed by atoms with Gasteiger partial charge in [-0.2, -0.15) is 0 Å². The molecule has 1 aromatic rings. The monoisotopic (exact) mass is 253 g/mol. The van der Waals surface area contributed by atoms with E-state index in [-0.39, 0.29) is 17.5 Å². The number of hydrogen-bond acceptors (Lipinski definition) is 3. The number of carboxylic acids is 1. The first-order chi connectivity index (χ1) is 8.58. The van der Waals surface area contributed by atoms with Crippen molar-refractivity contribution in [3.05, 3.63) is 18.2 Å². The fraction of sp³-hybridized carbons (Fsp3) is 0.583. The highest BCUT2D eigenvalue weighted by atomic mass is 16.4. The predicted molar refractivity (Wildman–Crippen MR) is 66.3 cm³/mol. The first-order valence-electron chi connectivity index (χ1n) is 6.11. The maximum Gasteiger partial charge on any atom is 0.356 e. The first kappa shape index (κ1) is 14.2. The summed E-state index contributed by atoms with van der Waals surface area (Å²) in [5, 5.41) is 11.5. The van der Waals surface area contributed by atoms with Crippen LogP contribution < -0.4 is 5.32 Å². The van der Waals surface area contributed by atoms with Crippen molar-refractivity contribution >= 4 is 11.9 Å². The van der Waals surface area contributed by atoms with Gasteiger partial charge >= 0.3 is 5.97 Å².